The van der Waals surface area contributed by atoms with Crippen LogP contribution in [0, 0.1) is 17.8 Å². The van der Waals surface area contributed by atoms with E-state index in [1.807, 2.05) is 51.1 Å². The number of nitrogens with two attached hydrogens (primary N) is 1. The Hall–Kier alpha value is -2.45. The number of hydrogen-bond acceptors (Lipinski definition) is 5. The first-order valence-corrected chi connectivity index (χ1v) is 14.4. The molecule has 3 aliphatic rings. The first-order valence-electron chi connectivity index (χ1n) is 14.4. The molecule has 2 heterocycles. The average molecular weight is 527 g/mol. The van der Waals surface area contributed by atoms with E-state index in [2.05, 4.69) is 10.2 Å². The Morgan fingerprint density at radius 2 is 1.76 bits per heavy atom. The molecule has 4 N–H and O–H groups in total. The van der Waals surface area contributed by atoms with E-state index in [-0.39, 0.29) is 42.4 Å². The molecule has 0 spiro atoms. The first kappa shape index (κ1) is 28.6. The van der Waals surface area contributed by atoms with Gasteiger partial charge >= 0.3 is 0 Å². The van der Waals surface area contributed by atoms with Gasteiger partial charge in [0.2, 0.25) is 17.7 Å². The molecule has 8 nitrogen and oxygen atoms in total. The minimum absolute atomic E-state index is 0.0226. The van der Waals surface area contributed by atoms with Crippen LogP contribution in [0.4, 0.5) is 0 Å². The van der Waals surface area contributed by atoms with Crippen molar-refractivity contribution in [1.29, 1.82) is 0 Å². The van der Waals surface area contributed by atoms with Crippen LogP contribution in [0.15, 0.2) is 30.3 Å². The third-order valence-corrected chi connectivity index (χ3v) is 8.55. The quantitative estimate of drug-likeness (QED) is 0.457. The van der Waals surface area contributed by atoms with Crippen molar-refractivity contribution in [3.8, 4) is 0 Å². The maximum absolute atomic E-state index is 13.3. The number of β-amino-alcohol motifs (C(OH)–C–C–N with tert-alkyl or cyclic N) is 1. The minimum Gasteiger partial charge on any atom is -0.390 e. The van der Waals surface area contributed by atoms with E-state index in [1.54, 1.807) is 4.90 Å². The number of carbonyl (C=O) groups excluding carboxylic acids is 3. The molecule has 3 amide bonds. The van der Waals surface area contributed by atoms with Gasteiger partial charge < -0.3 is 21.1 Å². The van der Waals surface area contributed by atoms with Crippen LogP contribution in [0.25, 0.3) is 0 Å². The third-order valence-electron chi connectivity index (χ3n) is 8.55. The lowest BCUT2D eigenvalue weighted by Gasteiger charge is -2.46. The number of rotatable bonds is 9. The molecular weight excluding hydrogens is 480 g/mol. The average Bonchev–Trinajstić information content (AvgIpc) is 3.11. The van der Waals surface area contributed by atoms with Gasteiger partial charge in [0.25, 0.3) is 0 Å². The van der Waals surface area contributed by atoms with Crippen LogP contribution in [0.2, 0.25) is 0 Å². The van der Waals surface area contributed by atoms with Crippen molar-refractivity contribution in [3.63, 3.8) is 0 Å². The lowest BCUT2D eigenvalue weighted by atomic mass is 9.72. The molecule has 3 fully saturated rings. The van der Waals surface area contributed by atoms with Crippen molar-refractivity contribution in [3.05, 3.63) is 35.9 Å². The van der Waals surface area contributed by atoms with Gasteiger partial charge in [-0.25, -0.2) is 0 Å². The van der Waals surface area contributed by atoms with Crippen molar-refractivity contribution in [2.45, 2.75) is 95.9 Å². The molecule has 210 valence electrons. The minimum atomic E-state index is -0.797. The summed E-state index contributed by atoms with van der Waals surface area (Å²) >= 11 is 0. The van der Waals surface area contributed by atoms with E-state index in [0.717, 1.165) is 18.5 Å². The summed E-state index contributed by atoms with van der Waals surface area (Å²) in [7, 11) is 0. The van der Waals surface area contributed by atoms with Gasteiger partial charge in [-0.15, -0.1) is 0 Å². The second-order valence-corrected chi connectivity index (χ2v) is 12.8. The molecule has 6 atom stereocenters. The molecule has 1 aromatic carbocycles. The molecule has 0 radical (unpaired) electrons. The number of benzene rings is 1. The topological polar surface area (TPSA) is 116 Å². The normalized spacial score (nSPS) is 29.1. The van der Waals surface area contributed by atoms with Crippen LogP contribution >= 0.6 is 0 Å². The molecular formula is C30H46N4O4. The lowest BCUT2D eigenvalue weighted by molar-refractivity contribution is -0.137. The molecule has 1 aromatic rings. The molecule has 8 heteroatoms. The van der Waals surface area contributed by atoms with Crippen molar-refractivity contribution >= 4 is 17.7 Å². The number of primary amides is 1. The van der Waals surface area contributed by atoms with E-state index < -0.39 is 17.9 Å². The van der Waals surface area contributed by atoms with Crippen molar-refractivity contribution in [2.75, 3.05) is 19.6 Å². The smallest absolute Gasteiger partial charge is 0.237 e. The summed E-state index contributed by atoms with van der Waals surface area (Å²) in [6.07, 6.45) is 6.06. The van der Waals surface area contributed by atoms with Crippen LogP contribution in [0.1, 0.15) is 71.3 Å². The zero-order chi connectivity index (χ0) is 27.4. The Morgan fingerprint density at radius 3 is 2.42 bits per heavy atom. The molecule has 1 saturated carbocycles. The number of aliphatic hydroxyl groups excluding tert-OH is 1. The van der Waals surface area contributed by atoms with Gasteiger partial charge in [-0.05, 0) is 63.9 Å². The highest BCUT2D eigenvalue weighted by molar-refractivity contribution is 5.87. The summed E-state index contributed by atoms with van der Waals surface area (Å²) in [5.74, 6) is 0.0851. The Kier molecular flexibility index (Phi) is 9.14. The van der Waals surface area contributed by atoms with Gasteiger partial charge in [-0.1, -0.05) is 49.6 Å². The van der Waals surface area contributed by atoms with Crippen LogP contribution < -0.4 is 11.1 Å². The highest BCUT2D eigenvalue weighted by Gasteiger charge is 2.43. The summed E-state index contributed by atoms with van der Waals surface area (Å²) < 4.78 is 0. The fourth-order valence-corrected chi connectivity index (χ4v) is 6.89. The molecule has 2 aliphatic heterocycles. The highest BCUT2D eigenvalue weighted by atomic mass is 16.3. The van der Waals surface area contributed by atoms with Gasteiger partial charge in [-0.2, -0.15) is 0 Å². The number of hydrogen-bond donors (Lipinski definition) is 3. The highest BCUT2D eigenvalue weighted by Crippen LogP contribution is 2.39. The predicted molar refractivity (Wildman–Crippen MR) is 147 cm³/mol. The van der Waals surface area contributed by atoms with E-state index in [9.17, 15) is 19.5 Å². The van der Waals surface area contributed by atoms with Gasteiger partial charge in [0.1, 0.15) is 0 Å². The monoisotopic (exact) mass is 526 g/mol. The zero-order valence-electron chi connectivity index (χ0n) is 23.3. The van der Waals surface area contributed by atoms with E-state index in [4.69, 9.17) is 5.73 Å². The Balaban J connectivity index is 1.47. The summed E-state index contributed by atoms with van der Waals surface area (Å²) in [6.45, 7) is 7.30. The number of carbonyl (C=O) groups is 3. The van der Waals surface area contributed by atoms with Crippen LogP contribution in [-0.2, 0) is 20.8 Å². The third kappa shape index (κ3) is 7.35. The Morgan fingerprint density at radius 1 is 1.08 bits per heavy atom. The molecule has 2 saturated heterocycles. The fraction of sp³-hybridized carbons (Fsp3) is 0.700. The van der Waals surface area contributed by atoms with Crippen LogP contribution in [0.3, 0.4) is 0 Å². The molecule has 1 aliphatic carbocycles. The number of amides is 3. The van der Waals surface area contributed by atoms with Gasteiger partial charge in [0.15, 0.2) is 0 Å². The van der Waals surface area contributed by atoms with Crippen LogP contribution in [-0.4, -0.2) is 76.0 Å². The largest absolute Gasteiger partial charge is 0.390 e. The van der Waals surface area contributed by atoms with Crippen molar-refractivity contribution < 1.29 is 19.5 Å². The van der Waals surface area contributed by atoms with E-state index >= 15 is 0 Å². The van der Waals surface area contributed by atoms with E-state index in [1.165, 1.54) is 25.7 Å². The molecule has 4 rings (SSSR count). The number of likely N-dealkylation sites (tertiary alicyclic amines) is 2. The SMILES string of the molecule is CC(C)(C)NC(=O)C1C[C@@H]2CCCC[C@@H]2CN1CC(O)CN1C(=O)C(CC(N)=O)CC1Cc1ccccc1. The number of piperidine rings is 1. The molecule has 4 unspecified atom stereocenters. The van der Waals surface area contributed by atoms with E-state index in [0.29, 0.717) is 31.2 Å². The predicted octanol–water partition coefficient (Wildman–Crippen LogP) is 2.48. The van der Waals surface area contributed by atoms with Crippen molar-refractivity contribution in [2.24, 2.45) is 23.5 Å². The van der Waals surface area contributed by atoms with Crippen molar-refractivity contribution in [1.82, 2.24) is 15.1 Å². The first-order chi connectivity index (χ1) is 18.0. The second-order valence-electron chi connectivity index (χ2n) is 12.8. The maximum Gasteiger partial charge on any atom is 0.237 e. The Bertz CT molecular complexity index is 978. The molecule has 38 heavy (non-hydrogen) atoms. The Labute approximate surface area is 227 Å². The number of nitrogens with one attached hydrogen (secondary N) is 1. The summed E-state index contributed by atoms with van der Waals surface area (Å²) in [5, 5.41) is 14.5. The number of nitrogens with zero attached hydrogens (tertiary/aromatic N) is 2. The van der Waals surface area contributed by atoms with Gasteiger partial charge in [-0.3, -0.25) is 19.3 Å². The standard InChI is InChI=1S/C30H46N4O4/c1-30(2,3)32-28(37)26-15-21-11-7-8-12-22(21)17-33(26)18-25(35)19-34-24(13-20-9-5-4-6-10-20)14-23(29(34)38)16-27(31)36/h4-6,9-10,21-26,35H,7-8,11-19H2,1-3H3,(H2,31,36)(H,32,37)/t21-,22+,23?,24?,25?,26?/m0/s1. The molecule has 0 aromatic heterocycles. The fourth-order valence-electron chi connectivity index (χ4n) is 6.89. The van der Waals surface area contributed by atoms with Gasteiger partial charge in [0, 0.05) is 43.6 Å². The number of aliphatic hydroxyl groups is 1. The summed E-state index contributed by atoms with van der Waals surface area (Å²) in [4.78, 5) is 42.2. The number of fused-ring (bicyclic) bond motifs is 1. The van der Waals surface area contributed by atoms with Crippen LogP contribution in [0.5, 0.6) is 0 Å². The summed E-state index contributed by atoms with van der Waals surface area (Å²) in [5.41, 5.74) is 6.23. The lowest BCUT2D eigenvalue weighted by Crippen LogP contribution is -2.59. The summed E-state index contributed by atoms with van der Waals surface area (Å²) in [6, 6.07) is 9.60. The zero-order valence-corrected chi connectivity index (χ0v) is 23.3. The second kappa shape index (κ2) is 12.2. The maximum atomic E-state index is 13.3. The molecule has 0 bridgehead atoms. The van der Waals surface area contributed by atoms with Gasteiger partial charge in [0.05, 0.1) is 12.1 Å².